The zero-order chi connectivity index (χ0) is 15.4. The van der Waals surface area contributed by atoms with Gasteiger partial charge in [-0.1, -0.05) is 41.1 Å². The molecule has 0 aromatic heterocycles. The maximum Gasteiger partial charge on any atom is 0.0507 e. The molecule has 0 saturated carbocycles. The average Bonchev–Trinajstić information content (AvgIpc) is 2.49. The van der Waals surface area contributed by atoms with E-state index in [0.717, 1.165) is 11.0 Å². The van der Waals surface area contributed by atoms with Gasteiger partial charge in [-0.2, -0.15) is 0 Å². The highest BCUT2D eigenvalue weighted by Crippen LogP contribution is 2.32. The van der Waals surface area contributed by atoms with Gasteiger partial charge < -0.3 is 10.6 Å². The summed E-state index contributed by atoms with van der Waals surface area (Å²) >= 11 is 3.69. The van der Waals surface area contributed by atoms with Crippen LogP contribution in [0.15, 0.2) is 28.7 Å². The second kappa shape index (κ2) is 7.73. The molecular weight excluding hydrogens is 326 g/mol. The van der Waals surface area contributed by atoms with E-state index in [2.05, 4.69) is 70.9 Å². The Morgan fingerprint density at radius 2 is 1.95 bits per heavy atom. The van der Waals surface area contributed by atoms with E-state index >= 15 is 0 Å². The van der Waals surface area contributed by atoms with Crippen LogP contribution < -0.4 is 5.73 Å². The highest BCUT2D eigenvalue weighted by molar-refractivity contribution is 9.10. The Morgan fingerprint density at radius 3 is 2.48 bits per heavy atom. The van der Waals surface area contributed by atoms with Crippen molar-refractivity contribution in [2.75, 3.05) is 26.7 Å². The molecule has 0 amide bonds. The third kappa shape index (κ3) is 4.07. The number of hydrogen-bond donors (Lipinski definition) is 1. The summed E-state index contributed by atoms with van der Waals surface area (Å²) in [4.78, 5) is 5.03. The highest BCUT2D eigenvalue weighted by Gasteiger charge is 2.30. The van der Waals surface area contributed by atoms with Crippen molar-refractivity contribution in [3.8, 4) is 0 Å². The minimum atomic E-state index is 0.109. The number of likely N-dealkylation sites (tertiary alicyclic amines) is 1. The fourth-order valence-electron chi connectivity index (χ4n) is 3.46. The van der Waals surface area contributed by atoms with Crippen molar-refractivity contribution in [2.24, 2.45) is 5.73 Å². The molecule has 1 saturated heterocycles. The smallest absolute Gasteiger partial charge is 0.0507 e. The van der Waals surface area contributed by atoms with Gasteiger partial charge in [0.25, 0.3) is 0 Å². The van der Waals surface area contributed by atoms with E-state index in [1.54, 1.807) is 0 Å². The van der Waals surface area contributed by atoms with Crippen molar-refractivity contribution < 1.29 is 0 Å². The molecule has 3 nitrogen and oxygen atoms in total. The van der Waals surface area contributed by atoms with Crippen molar-refractivity contribution in [1.29, 1.82) is 0 Å². The first-order valence-electron chi connectivity index (χ1n) is 7.98. The summed E-state index contributed by atoms with van der Waals surface area (Å²) < 4.78 is 1.16. The predicted octanol–water partition coefficient (Wildman–Crippen LogP) is 3.25. The zero-order valence-corrected chi connectivity index (χ0v) is 15.0. The van der Waals surface area contributed by atoms with E-state index in [4.69, 9.17) is 5.73 Å². The molecule has 1 fully saturated rings. The third-order valence-corrected chi connectivity index (χ3v) is 5.46. The molecule has 2 rings (SSSR count). The summed E-state index contributed by atoms with van der Waals surface area (Å²) in [7, 11) is 2.24. The molecular formula is C17H28BrN3. The molecule has 0 bridgehead atoms. The number of nitrogens with zero attached hydrogens (tertiary/aromatic N) is 2. The Labute approximate surface area is 137 Å². The minimum Gasteiger partial charge on any atom is -0.326 e. The summed E-state index contributed by atoms with van der Waals surface area (Å²) in [6.45, 7) is 7.93. The molecule has 0 radical (unpaired) electrons. The molecule has 1 heterocycles. The van der Waals surface area contributed by atoms with Crippen LogP contribution in [0.5, 0.6) is 0 Å². The summed E-state index contributed by atoms with van der Waals surface area (Å²) in [5.41, 5.74) is 7.62. The maximum atomic E-state index is 6.33. The Hall–Kier alpha value is -0.420. The van der Waals surface area contributed by atoms with Gasteiger partial charge in [-0.05, 0) is 58.1 Å². The Kier molecular flexibility index (Phi) is 6.23. The minimum absolute atomic E-state index is 0.109. The summed E-state index contributed by atoms with van der Waals surface area (Å²) in [6.07, 6.45) is 2.47. The lowest BCUT2D eigenvalue weighted by molar-refractivity contribution is 0.0893. The van der Waals surface area contributed by atoms with Gasteiger partial charge in [0.2, 0.25) is 0 Å². The SMILES string of the molecule is CCN1CCC(N(C)C(c2ccccc2Br)C(C)N)CC1. The van der Waals surface area contributed by atoms with Gasteiger partial charge >= 0.3 is 0 Å². The molecule has 0 aliphatic carbocycles. The van der Waals surface area contributed by atoms with E-state index in [1.807, 2.05) is 0 Å². The van der Waals surface area contributed by atoms with Gasteiger partial charge in [0, 0.05) is 16.6 Å². The lowest BCUT2D eigenvalue weighted by Gasteiger charge is -2.42. The quantitative estimate of drug-likeness (QED) is 0.881. The third-order valence-electron chi connectivity index (χ3n) is 4.74. The molecule has 2 unspecified atom stereocenters. The van der Waals surface area contributed by atoms with Crippen molar-refractivity contribution >= 4 is 15.9 Å². The Bertz CT molecular complexity index is 441. The number of piperidine rings is 1. The number of benzene rings is 1. The zero-order valence-electron chi connectivity index (χ0n) is 13.4. The normalized spacial score (nSPS) is 20.7. The van der Waals surface area contributed by atoms with E-state index in [9.17, 15) is 0 Å². The first-order valence-corrected chi connectivity index (χ1v) is 8.78. The van der Waals surface area contributed by atoms with Gasteiger partial charge in [-0.3, -0.25) is 4.90 Å². The van der Waals surface area contributed by atoms with Crippen LogP contribution in [0.25, 0.3) is 0 Å². The molecule has 1 aliphatic rings. The molecule has 4 heteroatoms. The monoisotopic (exact) mass is 353 g/mol. The van der Waals surface area contributed by atoms with Crippen LogP contribution in [0, 0.1) is 0 Å². The van der Waals surface area contributed by atoms with Gasteiger partial charge in [0.1, 0.15) is 0 Å². The largest absolute Gasteiger partial charge is 0.326 e. The molecule has 2 N–H and O–H groups in total. The molecule has 1 aromatic rings. The van der Waals surface area contributed by atoms with Crippen LogP contribution in [0.2, 0.25) is 0 Å². The van der Waals surface area contributed by atoms with Gasteiger partial charge in [-0.15, -0.1) is 0 Å². The lowest BCUT2D eigenvalue weighted by Crippen LogP contribution is -2.48. The second-order valence-corrected chi connectivity index (χ2v) is 7.01. The molecule has 118 valence electrons. The van der Waals surface area contributed by atoms with Crippen LogP contribution >= 0.6 is 15.9 Å². The van der Waals surface area contributed by atoms with Gasteiger partial charge in [-0.25, -0.2) is 0 Å². The fraction of sp³-hybridized carbons (Fsp3) is 0.647. The molecule has 0 spiro atoms. The lowest BCUT2D eigenvalue weighted by atomic mass is 9.95. The Balaban J connectivity index is 2.14. The summed E-state index contributed by atoms with van der Waals surface area (Å²) in [6, 6.07) is 9.45. The van der Waals surface area contributed by atoms with E-state index in [-0.39, 0.29) is 12.1 Å². The molecule has 1 aromatic carbocycles. The Morgan fingerprint density at radius 1 is 1.33 bits per heavy atom. The van der Waals surface area contributed by atoms with E-state index in [1.165, 1.54) is 31.5 Å². The fourth-order valence-corrected chi connectivity index (χ4v) is 3.98. The predicted molar refractivity (Wildman–Crippen MR) is 93.4 cm³/mol. The number of likely N-dealkylation sites (N-methyl/N-ethyl adjacent to an activating group) is 1. The maximum absolute atomic E-state index is 6.33. The van der Waals surface area contributed by atoms with Crippen molar-refractivity contribution in [1.82, 2.24) is 9.80 Å². The van der Waals surface area contributed by atoms with Gasteiger partial charge in [0.15, 0.2) is 0 Å². The van der Waals surface area contributed by atoms with Crippen LogP contribution in [-0.4, -0.2) is 48.6 Å². The number of hydrogen-bond acceptors (Lipinski definition) is 3. The number of halogens is 1. The first kappa shape index (κ1) is 16.9. The average molecular weight is 354 g/mol. The van der Waals surface area contributed by atoms with Crippen molar-refractivity contribution in [2.45, 2.75) is 44.8 Å². The molecule has 2 atom stereocenters. The van der Waals surface area contributed by atoms with Crippen LogP contribution in [0.4, 0.5) is 0 Å². The van der Waals surface area contributed by atoms with Crippen LogP contribution in [-0.2, 0) is 0 Å². The number of rotatable bonds is 5. The highest BCUT2D eigenvalue weighted by atomic mass is 79.9. The van der Waals surface area contributed by atoms with Crippen LogP contribution in [0.1, 0.15) is 38.3 Å². The topological polar surface area (TPSA) is 32.5 Å². The van der Waals surface area contributed by atoms with E-state index in [0.29, 0.717) is 6.04 Å². The van der Waals surface area contributed by atoms with Crippen molar-refractivity contribution in [3.63, 3.8) is 0 Å². The van der Waals surface area contributed by atoms with Crippen molar-refractivity contribution in [3.05, 3.63) is 34.3 Å². The standard InChI is InChI=1S/C17H28BrN3/c1-4-21-11-9-14(10-12-21)20(3)17(13(2)19)15-7-5-6-8-16(15)18/h5-8,13-14,17H,4,9-12,19H2,1-3H3. The molecule has 1 aliphatic heterocycles. The second-order valence-electron chi connectivity index (χ2n) is 6.16. The van der Waals surface area contributed by atoms with Gasteiger partial charge in [0.05, 0.1) is 6.04 Å². The summed E-state index contributed by atoms with van der Waals surface area (Å²) in [5.74, 6) is 0. The number of nitrogens with two attached hydrogens (primary N) is 1. The van der Waals surface area contributed by atoms with Crippen LogP contribution in [0.3, 0.4) is 0 Å². The summed E-state index contributed by atoms with van der Waals surface area (Å²) in [5, 5.41) is 0. The molecule has 21 heavy (non-hydrogen) atoms. The van der Waals surface area contributed by atoms with E-state index < -0.39 is 0 Å². The first-order chi connectivity index (χ1) is 10.0.